The normalized spacial score (nSPS) is 10.8. The lowest BCUT2D eigenvalue weighted by Crippen LogP contribution is -2.03. The van der Waals surface area contributed by atoms with E-state index in [1.165, 1.54) is 11.3 Å². The van der Waals surface area contributed by atoms with Crippen molar-refractivity contribution in [2.45, 2.75) is 46.5 Å². The Balaban J connectivity index is 2.97. The largest absolute Gasteiger partial charge is 0.241 e. The quantitative estimate of drug-likeness (QED) is 0.711. The first-order valence-corrected chi connectivity index (χ1v) is 4.97. The molecule has 1 heterocycles. The summed E-state index contributed by atoms with van der Waals surface area (Å²) in [5.41, 5.74) is 2.42. The summed E-state index contributed by atoms with van der Waals surface area (Å²) in [7, 11) is 0. The van der Waals surface area contributed by atoms with Gasteiger partial charge in [0.2, 0.25) is 0 Å². The van der Waals surface area contributed by atoms with Crippen molar-refractivity contribution in [2.24, 2.45) is 0 Å². The monoisotopic (exact) mass is 178 g/mol. The molecule has 1 rings (SSSR count). The summed E-state index contributed by atoms with van der Waals surface area (Å²) in [6.45, 7) is 8.51. The summed E-state index contributed by atoms with van der Waals surface area (Å²) in [5, 5.41) is 0. The van der Waals surface area contributed by atoms with Gasteiger partial charge in [-0.2, -0.15) is 0 Å². The van der Waals surface area contributed by atoms with Crippen molar-refractivity contribution in [2.75, 3.05) is 0 Å². The van der Waals surface area contributed by atoms with E-state index in [-0.39, 0.29) is 0 Å². The van der Waals surface area contributed by atoms with Crippen LogP contribution in [0.25, 0.3) is 0 Å². The van der Waals surface area contributed by atoms with Crippen LogP contribution in [0.1, 0.15) is 50.2 Å². The van der Waals surface area contributed by atoms with Crippen LogP contribution < -0.4 is 0 Å². The lowest BCUT2D eigenvalue weighted by atomic mass is 10.1. The molecule has 0 saturated carbocycles. The Kier molecular flexibility index (Phi) is 3.40. The van der Waals surface area contributed by atoms with Gasteiger partial charge in [0.25, 0.3) is 0 Å². The number of hydrogen-bond donors (Lipinski definition) is 0. The zero-order valence-electron chi connectivity index (χ0n) is 8.96. The van der Waals surface area contributed by atoms with E-state index in [1.807, 2.05) is 6.20 Å². The lowest BCUT2D eigenvalue weighted by Gasteiger charge is -2.07. The number of aromatic nitrogens is 2. The van der Waals surface area contributed by atoms with Crippen molar-refractivity contribution < 1.29 is 0 Å². The maximum Gasteiger partial charge on any atom is 0.131 e. The molecular formula is C11H18N2. The van der Waals surface area contributed by atoms with Gasteiger partial charge in [0, 0.05) is 17.8 Å². The van der Waals surface area contributed by atoms with Gasteiger partial charge in [0.15, 0.2) is 0 Å². The van der Waals surface area contributed by atoms with E-state index >= 15 is 0 Å². The predicted octanol–water partition coefficient (Wildman–Crippen LogP) is 2.86. The van der Waals surface area contributed by atoms with E-state index in [0.29, 0.717) is 5.92 Å². The predicted molar refractivity (Wildman–Crippen MR) is 54.9 cm³/mol. The van der Waals surface area contributed by atoms with E-state index in [2.05, 4.69) is 37.7 Å². The smallest absolute Gasteiger partial charge is 0.131 e. The Morgan fingerprint density at radius 1 is 1.38 bits per heavy atom. The van der Waals surface area contributed by atoms with Crippen molar-refractivity contribution in [3.63, 3.8) is 0 Å². The topological polar surface area (TPSA) is 25.8 Å². The van der Waals surface area contributed by atoms with Crippen LogP contribution in [0.4, 0.5) is 0 Å². The summed E-state index contributed by atoms with van der Waals surface area (Å²) >= 11 is 0. The molecule has 1 aromatic heterocycles. The molecule has 0 fully saturated rings. The first-order valence-electron chi connectivity index (χ1n) is 4.97. The second-order valence-corrected chi connectivity index (χ2v) is 3.76. The molecule has 1 aromatic rings. The molecule has 2 heteroatoms. The van der Waals surface area contributed by atoms with Crippen LogP contribution in [-0.2, 0) is 6.42 Å². The van der Waals surface area contributed by atoms with Crippen LogP contribution in [0.5, 0.6) is 0 Å². The van der Waals surface area contributed by atoms with Crippen molar-refractivity contribution in [3.05, 3.63) is 23.3 Å². The summed E-state index contributed by atoms with van der Waals surface area (Å²) in [5.74, 6) is 1.39. The Morgan fingerprint density at radius 2 is 2.08 bits per heavy atom. The van der Waals surface area contributed by atoms with Gasteiger partial charge in [-0.05, 0) is 18.9 Å². The molecule has 72 valence electrons. The van der Waals surface area contributed by atoms with Crippen LogP contribution in [0.15, 0.2) is 6.20 Å². The number of aryl methyl sites for hydroxylation is 2. The average molecular weight is 178 g/mol. The van der Waals surface area contributed by atoms with Gasteiger partial charge in [-0.3, -0.25) is 0 Å². The van der Waals surface area contributed by atoms with Crippen LogP contribution in [-0.4, -0.2) is 9.97 Å². The van der Waals surface area contributed by atoms with E-state index < -0.39 is 0 Å². The van der Waals surface area contributed by atoms with Gasteiger partial charge in [-0.1, -0.05) is 27.2 Å². The fourth-order valence-electron chi connectivity index (χ4n) is 1.26. The molecule has 0 N–H and O–H groups in total. The third kappa shape index (κ3) is 2.51. The highest BCUT2D eigenvalue weighted by molar-refractivity contribution is 5.16. The molecule has 0 atom stereocenters. The van der Waals surface area contributed by atoms with Gasteiger partial charge in [-0.15, -0.1) is 0 Å². The summed E-state index contributed by atoms with van der Waals surface area (Å²) in [6.07, 6.45) is 4.15. The second kappa shape index (κ2) is 4.35. The molecule has 0 saturated heterocycles. The zero-order valence-corrected chi connectivity index (χ0v) is 8.96. The number of nitrogens with zero attached hydrogens (tertiary/aromatic N) is 2. The minimum atomic E-state index is 0.427. The maximum atomic E-state index is 4.55. The Bertz CT molecular complexity index is 279. The van der Waals surface area contributed by atoms with Crippen molar-refractivity contribution in [3.8, 4) is 0 Å². The first kappa shape index (κ1) is 10.2. The second-order valence-electron chi connectivity index (χ2n) is 3.76. The highest BCUT2D eigenvalue weighted by Crippen LogP contribution is 2.12. The zero-order chi connectivity index (χ0) is 9.84. The minimum Gasteiger partial charge on any atom is -0.241 e. The van der Waals surface area contributed by atoms with Gasteiger partial charge in [-0.25, -0.2) is 9.97 Å². The third-order valence-corrected chi connectivity index (χ3v) is 2.10. The van der Waals surface area contributed by atoms with E-state index in [1.54, 1.807) is 0 Å². The Hall–Kier alpha value is -0.920. The van der Waals surface area contributed by atoms with Crippen LogP contribution in [0.3, 0.4) is 0 Å². The first-order chi connectivity index (χ1) is 6.15. The fraction of sp³-hybridized carbons (Fsp3) is 0.636. The van der Waals surface area contributed by atoms with Crippen LogP contribution >= 0.6 is 0 Å². The SMILES string of the molecule is CCCc1nc(C(C)C)ncc1C. The molecule has 13 heavy (non-hydrogen) atoms. The third-order valence-electron chi connectivity index (χ3n) is 2.10. The van der Waals surface area contributed by atoms with Gasteiger partial charge < -0.3 is 0 Å². The number of hydrogen-bond acceptors (Lipinski definition) is 2. The van der Waals surface area contributed by atoms with Crippen LogP contribution in [0, 0.1) is 6.92 Å². The molecule has 0 amide bonds. The molecule has 0 aliphatic heterocycles. The van der Waals surface area contributed by atoms with E-state index in [0.717, 1.165) is 18.7 Å². The Labute approximate surface area is 80.4 Å². The van der Waals surface area contributed by atoms with E-state index in [4.69, 9.17) is 0 Å². The van der Waals surface area contributed by atoms with Crippen molar-refractivity contribution in [1.82, 2.24) is 9.97 Å². The lowest BCUT2D eigenvalue weighted by molar-refractivity contribution is 0.742. The number of rotatable bonds is 3. The summed E-state index contributed by atoms with van der Waals surface area (Å²) < 4.78 is 0. The van der Waals surface area contributed by atoms with Gasteiger partial charge in [0.1, 0.15) is 5.82 Å². The average Bonchev–Trinajstić information content (AvgIpc) is 2.08. The van der Waals surface area contributed by atoms with Gasteiger partial charge in [0.05, 0.1) is 0 Å². The Morgan fingerprint density at radius 3 is 2.62 bits per heavy atom. The molecule has 2 nitrogen and oxygen atoms in total. The van der Waals surface area contributed by atoms with Gasteiger partial charge >= 0.3 is 0 Å². The molecule has 0 aliphatic rings. The fourth-order valence-corrected chi connectivity index (χ4v) is 1.26. The van der Waals surface area contributed by atoms with Crippen molar-refractivity contribution in [1.29, 1.82) is 0 Å². The maximum absolute atomic E-state index is 4.55. The molecule has 0 bridgehead atoms. The molecule has 0 radical (unpaired) electrons. The summed E-state index contributed by atoms with van der Waals surface area (Å²) in [6, 6.07) is 0. The van der Waals surface area contributed by atoms with Crippen LogP contribution in [0.2, 0.25) is 0 Å². The minimum absolute atomic E-state index is 0.427. The highest BCUT2D eigenvalue weighted by atomic mass is 14.9. The molecule has 0 aliphatic carbocycles. The summed E-state index contributed by atoms with van der Waals surface area (Å²) in [4.78, 5) is 8.86. The highest BCUT2D eigenvalue weighted by Gasteiger charge is 2.05. The molecule has 0 spiro atoms. The van der Waals surface area contributed by atoms with E-state index in [9.17, 15) is 0 Å². The van der Waals surface area contributed by atoms with Crippen molar-refractivity contribution >= 4 is 0 Å². The molecule has 0 unspecified atom stereocenters. The standard InChI is InChI=1S/C11H18N2/c1-5-6-10-9(4)7-12-11(13-10)8(2)3/h7-8H,5-6H2,1-4H3. The molecular weight excluding hydrogens is 160 g/mol. The molecule has 0 aromatic carbocycles.